The van der Waals surface area contributed by atoms with Crippen molar-refractivity contribution in [2.24, 2.45) is 0 Å². The third kappa shape index (κ3) is 1.35. The van der Waals surface area contributed by atoms with Crippen LogP contribution in [0.3, 0.4) is 0 Å². The van der Waals surface area contributed by atoms with E-state index in [0.717, 1.165) is 17.8 Å². The summed E-state index contributed by atoms with van der Waals surface area (Å²) >= 11 is 0. The van der Waals surface area contributed by atoms with E-state index in [4.69, 9.17) is 0 Å². The lowest BCUT2D eigenvalue weighted by Crippen LogP contribution is -2.18. The van der Waals surface area contributed by atoms with Crippen molar-refractivity contribution in [2.45, 2.75) is 20.2 Å². The van der Waals surface area contributed by atoms with E-state index in [-0.39, 0.29) is 0 Å². The molecule has 2 aromatic rings. The molecule has 0 bridgehead atoms. The van der Waals surface area contributed by atoms with Gasteiger partial charge in [-0.05, 0) is 18.1 Å². The largest absolute Gasteiger partial charge is 0.314 e. The van der Waals surface area contributed by atoms with E-state index in [1.54, 1.807) is 0 Å². The van der Waals surface area contributed by atoms with E-state index < -0.39 is 0 Å². The van der Waals surface area contributed by atoms with Crippen molar-refractivity contribution in [1.82, 2.24) is 9.38 Å². The van der Waals surface area contributed by atoms with Crippen molar-refractivity contribution in [3.63, 3.8) is 0 Å². The summed E-state index contributed by atoms with van der Waals surface area (Å²) in [5, 5.41) is 0. The molecule has 3 heteroatoms. The second kappa shape index (κ2) is 3.25. The molecule has 2 rings (SSSR count). The van der Waals surface area contributed by atoms with Crippen LogP contribution in [-0.4, -0.2) is 16.7 Å². The number of nitrogens with zero attached hydrogens (tertiary/aromatic N) is 2. The molecule has 0 N–H and O–H groups in total. The number of pyridine rings is 1. The topological polar surface area (TPSA) is 17.3 Å². The van der Waals surface area contributed by atoms with Crippen molar-refractivity contribution in [2.75, 3.05) is 0 Å². The maximum Gasteiger partial charge on any atom is 0.172 e. The molecule has 0 saturated heterocycles. The maximum atomic E-state index is 4.48. The van der Waals surface area contributed by atoms with Crippen LogP contribution in [-0.2, 0) is 6.42 Å². The van der Waals surface area contributed by atoms with Crippen LogP contribution in [0.4, 0.5) is 0 Å². The highest BCUT2D eigenvalue weighted by Gasteiger charge is 2.01. The minimum absolute atomic E-state index is 0.991. The number of hydrogen-bond acceptors (Lipinski definition) is 1. The van der Waals surface area contributed by atoms with E-state index >= 15 is 0 Å². The molecule has 2 aromatic heterocycles. The molecule has 0 aliphatic rings. The Morgan fingerprint density at radius 2 is 2.31 bits per heavy atom. The smallest absolute Gasteiger partial charge is 0.172 e. The van der Waals surface area contributed by atoms with Crippen LogP contribution in [0.1, 0.15) is 12.6 Å². The molecule has 0 aliphatic carbocycles. The van der Waals surface area contributed by atoms with Crippen molar-refractivity contribution in [3.8, 4) is 0 Å². The van der Waals surface area contributed by atoms with Crippen LogP contribution in [0.25, 0.3) is 5.65 Å². The van der Waals surface area contributed by atoms with Crippen molar-refractivity contribution in [3.05, 3.63) is 30.1 Å². The van der Waals surface area contributed by atoms with E-state index in [0.29, 0.717) is 0 Å². The first kappa shape index (κ1) is 8.36. The van der Waals surface area contributed by atoms with Gasteiger partial charge in [-0.15, -0.1) is 0 Å². The molecule has 65 valence electrons. The first-order valence-corrected chi connectivity index (χ1v) is 4.61. The zero-order chi connectivity index (χ0) is 9.26. The number of imidazole rings is 1. The molecular formula is C10H12BN2. The maximum absolute atomic E-state index is 4.48. The fraction of sp³-hybridized carbons (Fsp3) is 0.300. The van der Waals surface area contributed by atoms with Crippen LogP contribution in [0.2, 0.25) is 6.82 Å². The predicted molar refractivity (Wildman–Crippen MR) is 55.8 cm³/mol. The molecule has 0 aromatic carbocycles. The van der Waals surface area contributed by atoms with Gasteiger partial charge >= 0.3 is 0 Å². The van der Waals surface area contributed by atoms with Gasteiger partial charge in [-0.1, -0.05) is 25.9 Å². The number of aromatic nitrogens is 2. The van der Waals surface area contributed by atoms with Gasteiger partial charge in [0.15, 0.2) is 7.28 Å². The molecule has 1 radical (unpaired) electrons. The summed E-state index contributed by atoms with van der Waals surface area (Å²) in [5.74, 6) is 0. The normalized spacial score (nSPS) is 10.6. The summed E-state index contributed by atoms with van der Waals surface area (Å²) in [6.07, 6.45) is 3.09. The lowest BCUT2D eigenvalue weighted by atomic mass is 9.77. The Morgan fingerprint density at radius 1 is 1.46 bits per heavy atom. The van der Waals surface area contributed by atoms with Gasteiger partial charge in [0, 0.05) is 6.20 Å². The summed E-state index contributed by atoms with van der Waals surface area (Å²) in [6, 6.07) is 6.16. The lowest BCUT2D eigenvalue weighted by Gasteiger charge is -1.99. The van der Waals surface area contributed by atoms with Gasteiger partial charge in [-0.2, -0.15) is 0 Å². The third-order valence-electron chi connectivity index (χ3n) is 2.23. The minimum atomic E-state index is 0.991. The first-order valence-electron chi connectivity index (χ1n) is 4.61. The zero-order valence-electron chi connectivity index (χ0n) is 7.99. The standard InChI is InChI=1S/C10H12BN2/c1-3-8-7-13-9(11-2)5-4-6-10(13)12-8/h4-7H,3H2,1-2H3. The van der Waals surface area contributed by atoms with Gasteiger partial charge in [-0.3, -0.25) is 0 Å². The summed E-state index contributed by atoms with van der Waals surface area (Å²) in [6.45, 7) is 4.16. The van der Waals surface area contributed by atoms with Gasteiger partial charge in [0.1, 0.15) is 5.65 Å². The van der Waals surface area contributed by atoms with Crippen molar-refractivity contribution < 1.29 is 0 Å². The summed E-state index contributed by atoms with van der Waals surface area (Å²) < 4.78 is 2.12. The number of hydrogen-bond donors (Lipinski definition) is 0. The Morgan fingerprint density at radius 3 is 3.00 bits per heavy atom. The summed E-state index contributed by atoms with van der Waals surface area (Å²) in [4.78, 5) is 4.48. The van der Waals surface area contributed by atoms with Gasteiger partial charge in [0.05, 0.1) is 5.69 Å². The highest BCUT2D eigenvalue weighted by atomic mass is 15.0. The highest BCUT2D eigenvalue weighted by molar-refractivity contribution is 6.51. The average Bonchev–Trinajstić information content (AvgIpc) is 2.59. The molecule has 0 amide bonds. The third-order valence-corrected chi connectivity index (χ3v) is 2.23. The Kier molecular flexibility index (Phi) is 2.09. The van der Waals surface area contributed by atoms with Crippen LogP contribution in [0.15, 0.2) is 24.4 Å². The second-order valence-electron chi connectivity index (χ2n) is 3.05. The lowest BCUT2D eigenvalue weighted by molar-refractivity contribution is 1.07. The number of fused-ring (bicyclic) bond motifs is 1. The molecule has 0 atom stereocenters. The van der Waals surface area contributed by atoms with Crippen LogP contribution in [0, 0.1) is 0 Å². The molecule has 2 heterocycles. The quantitative estimate of drug-likeness (QED) is 0.622. The first-order chi connectivity index (χ1) is 6.35. The number of rotatable bonds is 2. The van der Waals surface area contributed by atoms with Gasteiger partial charge in [0.25, 0.3) is 0 Å². The van der Waals surface area contributed by atoms with E-state index in [1.807, 2.05) is 19.0 Å². The monoisotopic (exact) mass is 171 g/mol. The zero-order valence-corrected chi connectivity index (χ0v) is 7.99. The molecule has 0 aliphatic heterocycles. The highest BCUT2D eigenvalue weighted by Crippen LogP contribution is 2.03. The van der Waals surface area contributed by atoms with Crippen molar-refractivity contribution in [1.29, 1.82) is 0 Å². The van der Waals surface area contributed by atoms with E-state index in [1.165, 1.54) is 5.59 Å². The van der Waals surface area contributed by atoms with Gasteiger partial charge < -0.3 is 4.40 Å². The summed E-state index contributed by atoms with van der Waals surface area (Å²) in [5.41, 5.74) is 3.38. The molecule has 0 fully saturated rings. The minimum Gasteiger partial charge on any atom is -0.314 e. The summed E-state index contributed by atoms with van der Waals surface area (Å²) in [7, 11) is 2.09. The van der Waals surface area contributed by atoms with Gasteiger partial charge in [0.2, 0.25) is 0 Å². The van der Waals surface area contributed by atoms with Crippen LogP contribution in [0.5, 0.6) is 0 Å². The fourth-order valence-electron chi connectivity index (χ4n) is 1.49. The van der Waals surface area contributed by atoms with E-state index in [2.05, 4.69) is 35.9 Å². The van der Waals surface area contributed by atoms with Crippen LogP contribution < -0.4 is 5.59 Å². The number of aryl methyl sites for hydroxylation is 1. The predicted octanol–water partition coefficient (Wildman–Crippen LogP) is 1.27. The Bertz CT molecular complexity index is 420. The molecule has 2 nitrogen and oxygen atoms in total. The molecular weight excluding hydrogens is 159 g/mol. The SMILES string of the molecule is C[B]c1cccc2nc(CC)cn12. The molecule has 0 spiro atoms. The van der Waals surface area contributed by atoms with Crippen LogP contribution >= 0.6 is 0 Å². The van der Waals surface area contributed by atoms with E-state index in [9.17, 15) is 0 Å². The molecule has 0 saturated carbocycles. The van der Waals surface area contributed by atoms with Crippen molar-refractivity contribution >= 4 is 18.5 Å². The Labute approximate surface area is 78.9 Å². The average molecular weight is 171 g/mol. The second-order valence-corrected chi connectivity index (χ2v) is 3.05. The Hall–Kier alpha value is -1.25. The Balaban J connectivity index is 2.67. The molecule has 0 unspecified atom stereocenters. The fourth-order valence-corrected chi connectivity index (χ4v) is 1.49. The van der Waals surface area contributed by atoms with Gasteiger partial charge in [-0.25, -0.2) is 4.98 Å². The molecule has 13 heavy (non-hydrogen) atoms.